The van der Waals surface area contributed by atoms with Crippen molar-refractivity contribution in [2.24, 2.45) is 5.92 Å². The van der Waals surface area contributed by atoms with Gasteiger partial charge in [-0.25, -0.2) is 0 Å². The first-order valence-electron chi connectivity index (χ1n) is 3.19. The molecule has 0 aromatic heterocycles. The normalized spacial score (nSPS) is 19.9. The van der Waals surface area contributed by atoms with Crippen molar-refractivity contribution < 1.29 is 5.21 Å². The van der Waals surface area contributed by atoms with Gasteiger partial charge in [0.2, 0.25) is 0 Å². The van der Waals surface area contributed by atoms with Gasteiger partial charge in [-0.1, -0.05) is 12.8 Å². The average Bonchev–Trinajstić information content (AvgIpc) is 2.41. The summed E-state index contributed by atoms with van der Waals surface area (Å²) >= 11 is 0. The molecule has 1 saturated carbocycles. The second-order valence-corrected chi connectivity index (χ2v) is 2.61. The lowest BCUT2D eigenvalue weighted by Crippen LogP contribution is -2.14. The lowest BCUT2D eigenvalue weighted by Gasteiger charge is -2.04. The largest absolute Gasteiger partial charge is 0.314 e. The lowest BCUT2D eigenvalue weighted by atomic mass is 10.3. The van der Waals surface area contributed by atoms with Crippen LogP contribution in [0.2, 0.25) is 0 Å². The molecule has 0 bridgehead atoms. The van der Waals surface area contributed by atoms with Crippen LogP contribution in [0.25, 0.3) is 0 Å². The highest BCUT2D eigenvalue weighted by Gasteiger charge is 2.20. The highest BCUT2D eigenvalue weighted by molar-refractivity contribution is 4.72. The van der Waals surface area contributed by atoms with Crippen LogP contribution in [0.3, 0.4) is 0 Å². The lowest BCUT2D eigenvalue weighted by molar-refractivity contribution is -0.0662. The smallest absolute Gasteiger partial charge is 0.0237 e. The van der Waals surface area contributed by atoms with E-state index >= 15 is 0 Å². The summed E-state index contributed by atoms with van der Waals surface area (Å²) in [5, 5.41) is 9.92. The minimum atomic E-state index is 0.838. The standard InChI is InChI=1S/C6H13NO/c1-7(8)5-4-6-2-3-6/h6,8H,2-5H2,1H3. The fraction of sp³-hybridized carbons (Fsp3) is 1.00. The van der Waals surface area contributed by atoms with Crippen molar-refractivity contribution in [3.05, 3.63) is 0 Å². The van der Waals surface area contributed by atoms with Crippen LogP contribution < -0.4 is 0 Å². The molecule has 0 heterocycles. The van der Waals surface area contributed by atoms with Crippen molar-refractivity contribution in [1.29, 1.82) is 0 Å². The minimum Gasteiger partial charge on any atom is -0.314 e. The molecule has 1 fully saturated rings. The van der Waals surface area contributed by atoms with E-state index in [1.807, 2.05) is 0 Å². The number of hydrogen-bond donors (Lipinski definition) is 1. The van der Waals surface area contributed by atoms with Gasteiger partial charge < -0.3 is 5.21 Å². The highest BCUT2D eigenvalue weighted by atomic mass is 16.5. The number of nitrogens with zero attached hydrogens (tertiary/aromatic N) is 1. The van der Waals surface area contributed by atoms with E-state index in [0.717, 1.165) is 12.5 Å². The molecule has 2 nitrogen and oxygen atoms in total. The molecule has 1 aliphatic rings. The second-order valence-electron chi connectivity index (χ2n) is 2.61. The maximum Gasteiger partial charge on any atom is 0.0237 e. The van der Waals surface area contributed by atoms with E-state index in [4.69, 9.17) is 5.21 Å². The Balaban J connectivity index is 1.87. The Morgan fingerprint density at radius 2 is 2.25 bits per heavy atom. The summed E-state index contributed by atoms with van der Waals surface area (Å²) in [4.78, 5) is 0. The highest BCUT2D eigenvalue weighted by Crippen LogP contribution is 2.31. The molecule has 0 aromatic rings. The van der Waals surface area contributed by atoms with Crippen molar-refractivity contribution in [3.63, 3.8) is 0 Å². The molecule has 0 aromatic carbocycles. The number of rotatable bonds is 3. The summed E-state index contributed by atoms with van der Waals surface area (Å²) < 4.78 is 0. The van der Waals surface area contributed by atoms with Crippen LogP contribution in [-0.4, -0.2) is 23.9 Å². The third-order valence-electron chi connectivity index (χ3n) is 1.56. The quantitative estimate of drug-likeness (QED) is 0.557. The molecule has 1 rings (SSSR count). The molecular formula is C6H13NO. The monoisotopic (exact) mass is 115 g/mol. The van der Waals surface area contributed by atoms with Crippen LogP contribution in [0.4, 0.5) is 0 Å². The summed E-state index contributed by atoms with van der Waals surface area (Å²) in [6, 6.07) is 0. The molecule has 0 unspecified atom stereocenters. The zero-order chi connectivity index (χ0) is 5.98. The third kappa shape index (κ3) is 2.28. The van der Waals surface area contributed by atoms with E-state index in [9.17, 15) is 0 Å². The summed E-state index contributed by atoms with van der Waals surface area (Å²) in [6.07, 6.45) is 3.94. The van der Waals surface area contributed by atoms with Crippen LogP contribution in [0.1, 0.15) is 19.3 Å². The van der Waals surface area contributed by atoms with E-state index in [0.29, 0.717) is 0 Å². The van der Waals surface area contributed by atoms with Gasteiger partial charge in [0, 0.05) is 13.6 Å². The van der Waals surface area contributed by atoms with Gasteiger partial charge in [0.05, 0.1) is 0 Å². The Hall–Kier alpha value is -0.0800. The first-order valence-corrected chi connectivity index (χ1v) is 3.19. The zero-order valence-corrected chi connectivity index (χ0v) is 5.30. The molecule has 0 amide bonds. The summed E-state index contributed by atoms with van der Waals surface area (Å²) in [5.41, 5.74) is 0. The van der Waals surface area contributed by atoms with Gasteiger partial charge in [-0.15, -0.1) is 0 Å². The zero-order valence-electron chi connectivity index (χ0n) is 5.30. The van der Waals surface area contributed by atoms with Crippen LogP contribution in [0.5, 0.6) is 0 Å². The van der Waals surface area contributed by atoms with Gasteiger partial charge in [0.15, 0.2) is 0 Å². The van der Waals surface area contributed by atoms with Crippen molar-refractivity contribution in [1.82, 2.24) is 5.06 Å². The topological polar surface area (TPSA) is 23.5 Å². The molecule has 48 valence electrons. The minimum absolute atomic E-state index is 0.838. The SMILES string of the molecule is CN(O)CCC1CC1. The van der Waals surface area contributed by atoms with Crippen molar-refractivity contribution in [3.8, 4) is 0 Å². The van der Waals surface area contributed by atoms with E-state index in [1.54, 1.807) is 7.05 Å². The van der Waals surface area contributed by atoms with Crippen molar-refractivity contribution in [2.75, 3.05) is 13.6 Å². The van der Waals surface area contributed by atoms with Crippen LogP contribution in [-0.2, 0) is 0 Å². The Morgan fingerprint density at radius 1 is 1.62 bits per heavy atom. The van der Waals surface area contributed by atoms with E-state index in [1.165, 1.54) is 24.3 Å². The van der Waals surface area contributed by atoms with E-state index in [2.05, 4.69) is 0 Å². The number of hydroxylamine groups is 2. The van der Waals surface area contributed by atoms with Gasteiger partial charge in [-0.05, 0) is 12.3 Å². The van der Waals surface area contributed by atoms with Crippen LogP contribution in [0, 0.1) is 5.92 Å². The Morgan fingerprint density at radius 3 is 2.62 bits per heavy atom. The molecule has 0 spiro atoms. The summed E-state index contributed by atoms with van der Waals surface area (Å²) in [6.45, 7) is 0.838. The third-order valence-corrected chi connectivity index (χ3v) is 1.56. The molecule has 1 N–H and O–H groups in total. The second kappa shape index (κ2) is 2.46. The first kappa shape index (κ1) is 6.05. The summed E-state index contributed by atoms with van der Waals surface area (Å²) in [5.74, 6) is 0.935. The molecule has 0 radical (unpaired) electrons. The summed E-state index contributed by atoms with van der Waals surface area (Å²) in [7, 11) is 1.70. The fourth-order valence-corrected chi connectivity index (χ4v) is 0.776. The van der Waals surface area contributed by atoms with Crippen molar-refractivity contribution in [2.45, 2.75) is 19.3 Å². The Bertz CT molecular complexity index is 66.9. The van der Waals surface area contributed by atoms with E-state index < -0.39 is 0 Å². The maximum atomic E-state index is 8.66. The maximum absolute atomic E-state index is 8.66. The average molecular weight is 115 g/mol. The molecule has 8 heavy (non-hydrogen) atoms. The van der Waals surface area contributed by atoms with Gasteiger partial charge in [-0.2, -0.15) is 5.06 Å². The molecular weight excluding hydrogens is 102 g/mol. The van der Waals surface area contributed by atoms with Gasteiger partial charge >= 0.3 is 0 Å². The van der Waals surface area contributed by atoms with Gasteiger partial charge in [0.1, 0.15) is 0 Å². The van der Waals surface area contributed by atoms with Gasteiger partial charge in [0.25, 0.3) is 0 Å². The van der Waals surface area contributed by atoms with E-state index in [-0.39, 0.29) is 0 Å². The Labute approximate surface area is 50.1 Å². The van der Waals surface area contributed by atoms with Gasteiger partial charge in [-0.3, -0.25) is 0 Å². The predicted octanol–water partition coefficient (Wildman–Crippen LogP) is 1.11. The van der Waals surface area contributed by atoms with Crippen molar-refractivity contribution >= 4 is 0 Å². The van der Waals surface area contributed by atoms with Crippen LogP contribution >= 0.6 is 0 Å². The molecule has 1 aliphatic carbocycles. The van der Waals surface area contributed by atoms with Crippen LogP contribution in [0.15, 0.2) is 0 Å². The fourth-order valence-electron chi connectivity index (χ4n) is 0.776. The Kier molecular flexibility index (Phi) is 1.86. The molecule has 0 atom stereocenters. The first-order chi connectivity index (χ1) is 3.79. The molecule has 2 heteroatoms. The predicted molar refractivity (Wildman–Crippen MR) is 31.8 cm³/mol. The molecule has 0 aliphatic heterocycles. The molecule has 0 saturated heterocycles. The number of hydrogen-bond acceptors (Lipinski definition) is 2.